The molecule has 1 atom stereocenters. The van der Waals surface area contributed by atoms with Crippen molar-refractivity contribution in [1.82, 2.24) is 4.90 Å². The average molecular weight is 314 g/mol. The Labute approximate surface area is 133 Å². The van der Waals surface area contributed by atoms with Gasteiger partial charge in [-0.3, -0.25) is 9.80 Å². The van der Waals surface area contributed by atoms with E-state index in [1.807, 2.05) is 18.2 Å². The first-order valence-corrected chi connectivity index (χ1v) is 8.09. The van der Waals surface area contributed by atoms with Crippen molar-refractivity contribution in [2.24, 2.45) is 5.92 Å². The summed E-state index contributed by atoms with van der Waals surface area (Å²) in [5, 5.41) is 0. The summed E-state index contributed by atoms with van der Waals surface area (Å²) in [5.41, 5.74) is 0.380. The highest BCUT2D eigenvalue weighted by atomic mass is 16.6. The van der Waals surface area contributed by atoms with Crippen LogP contribution in [0.25, 0.3) is 11.5 Å². The van der Waals surface area contributed by atoms with Crippen molar-refractivity contribution in [2.45, 2.75) is 18.4 Å². The number of hydrogen-bond donors (Lipinski definition) is 0. The number of amides is 1. The van der Waals surface area contributed by atoms with Gasteiger partial charge >= 0.3 is 6.09 Å². The van der Waals surface area contributed by atoms with Crippen LogP contribution in [0.3, 0.4) is 0 Å². The minimum atomic E-state index is -0.351. The van der Waals surface area contributed by atoms with Crippen LogP contribution in [0, 0.1) is 5.92 Å². The number of nitrogens with zero attached hydrogens (tertiary/aromatic N) is 2. The highest BCUT2D eigenvalue weighted by Gasteiger charge is 2.55. The second kappa shape index (κ2) is 4.64. The van der Waals surface area contributed by atoms with Gasteiger partial charge in [-0.1, -0.05) is 0 Å². The van der Waals surface area contributed by atoms with Gasteiger partial charge in [0.25, 0.3) is 0 Å². The van der Waals surface area contributed by atoms with Gasteiger partial charge in [0, 0.05) is 18.5 Å². The first-order valence-electron chi connectivity index (χ1n) is 8.09. The third-order valence-electron chi connectivity index (χ3n) is 5.42. The van der Waals surface area contributed by atoms with E-state index in [1.165, 1.54) is 0 Å². The molecule has 0 radical (unpaired) electrons. The van der Waals surface area contributed by atoms with Crippen LogP contribution in [-0.2, 0) is 4.74 Å². The Bertz CT molecular complexity index is 730. The van der Waals surface area contributed by atoms with E-state index in [2.05, 4.69) is 4.90 Å². The minimum absolute atomic E-state index is 0.273. The SMILES string of the molecule is O=C1O[C@]2(CN3CCC2CC3)CN1c1coc(-c2ccco2)c1. The Morgan fingerprint density at radius 3 is 2.70 bits per heavy atom. The van der Waals surface area contributed by atoms with Gasteiger partial charge in [-0.2, -0.15) is 0 Å². The van der Waals surface area contributed by atoms with E-state index in [1.54, 1.807) is 17.4 Å². The molecule has 23 heavy (non-hydrogen) atoms. The van der Waals surface area contributed by atoms with Gasteiger partial charge in [0.1, 0.15) is 11.9 Å². The third kappa shape index (κ3) is 1.94. The van der Waals surface area contributed by atoms with Gasteiger partial charge in [-0.05, 0) is 38.1 Å². The summed E-state index contributed by atoms with van der Waals surface area (Å²) in [5.74, 6) is 1.74. The summed E-state index contributed by atoms with van der Waals surface area (Å²) in [6.07, 6.45) is 5.16. The number of hydrogen-bond acceptors (Lipinski definition) is 5. The number of fused-ring (bicyclic) bond motifs is 2. The van der Waals surface area contributed by atoms with E-state index in [0.29, 0.717) is 24.0 Å². The van der Waals surface area contributed by atoms with Gasteiger partial charge < -0.3 is 13.6 Å². The van der Waals surface area contributed by atoms with Crippen molar-refractivity contribution >= 4 is 11.8 Å². The third-order valence-corrected chi connectivity index (χ3v) is 5.42. The molecule has 0 aliphatic carbocycles. The van der Waals surface area contributed by atoms with Crippen molar-refractivity contribution in [3.8, 4) is 11.5 Å². The largest absolute Gasteiger partial charge is 0.461 e. The van der Waals surface area contributed by atoms with Gasteiger partial charge in [0.05, 0.1) is 18.5 Å². The molecule has 0 unspecified atom stereocenters. The quantitative estimate of drug-likeness (QED) is 0.853. The van der Waals surface area contributed by atoms with Crippen LogP contribution in [0.5, 0.6) is 0 Å². The number of piperidine rings is 3. The van der Waals surface area contributed by atoms with Gasteiger partial charge in [-0.15, -0.1) is 0 Å². The van der Waals surface area contributed by atoms with Gasteiger partial charge in [0.15, 0.2) is 11.5 Å². The van der Waals surface area contributed by atoms with Crippen LogP contribution in [-0.4, -0.2) is 42.8 Å². The van der Waals surface area contributed by atoms with Crippen LogP contribution in [0.15, 0.2) is 39.6 Å². The molecule has 6 rings (SSSR count). The number of carbonyl (C=O) groups is 1. The summed E-state index contributed by atoms with van der Waals surface area (Å²) in [6, 6.07) is 5.48. The van der Waals surface area contributed by atoms with Crippen molar-refractivity contribution in [2.75, 3.05) is 31.1 Å². The standard InChI is InChI=1S/C17H18N2O4/c20-16-19(13-8-15(22-9-13)14-2-1-7-21-14)11-17(23-16)10-18-5-3-12(17)4-6-18/h1-2,7-9,12H,3-6,10-11H2/t17-/m1/s1. The van der Waals surface area contributed by atoms with Crippen molar-refractivity contribution in [3.05, 3.63) is 30.7 Å². The molecule has 0 aromatic carbocycles. The van der Waals surface area contributed by atoms with E-state index in [0.717, 1.165) is 38.2 Å². The van der Waals surface area contributed by atoms with E-state index in [4.69, 9.17) is 13.6 Å². The molecular weight excluding hydrogens is 296 g/mol. The fraction of sp³-hybridized carbons (Fsp3) is 0.471. The van der Waals surface area contributed by atoms with E-state index < -0.39 is 0 Å². The molecule has 6 heterocycles. The molecule has 1 amide bonds. The minimum Gasteiger partial charge on any atom is -0.461 e. The maximum absolute atomic E-state index is 12.4. The maximum atomic E-state index is 12.4. The number of rotatable bonds is 2. The topological polar surface area (TPSA) is 59.1 Å². The van der Waals surface area contributed by atoms with Gasteiger partial charge in [0.2, 0.25) is 0 Å². The maximum Gasteiger partial charge on any atom is 0.415 e. The fourth-order valence-corrected chi connectivity index (χ4v) is 4.23. The molecule has 4 fully saturated rings. The second-order valence-corrected chi connectivity index (χ2v) is 6.72. The van der Waals surface area contributed by atoms with Gasteiger partial charge in [-0.25, -0.2) is 4.79 Å². The van der Waals surface area contributed by atoms with Crippen LogP contribution in [0.1, 0.15) is 12.8 Å². The zero-order valence-electron chi connectivity index (χ0n) is 12.7. The highest BCUT2D eigenvalue weighted by Crippen LogP contribution is 2.43. The number of furan rings is 2. The molecule has 6 nitrogen and oxygen atoms in total. The molecule has 2 aromatic rings. The molecule has 6 heteroatoms. The lowest BCUT2D eigenvalue weighted by molar-refractivity contribution is -0.0881. The molecular formula is C17H18N2O4. The normalized spacial score (nSPS) is 32.7. The predicted molar refractivity (Wildman–Crippen MR) is 82.1 cm³/mol. The Morgan fingerprint density at radius 1 is 1.13 bits per heavy atom. The predicted octanol–water partition coefficient (Wildman–Crippen LogP) is 2.96. The van der Waals surface area contributed by atoms with E-state index in [-0.39, 0.29) is 11.7 Å². The highest BCUT2D eigenvalue weighted by molar-refractivity contribution is 5.90. The lowest BCUT2D eigenvalue weighted by atomic mass is 9.75. The summed E-state index contributed by atoms with van der Waals surface area (Å²) in [6.45, 7) is 3.70. The van der Waals surface area contributed by atoms with Crippen LogP contribution in [0.2, 0.25) is 0 Å². The van der Waals surface area contributed by atoms with Crippen molar-refractivity contribution in [3.63, 3.8) is 0 Å². The van der Waals surface area contributed by atoms with Crippen LogP contribution >= 0.6 is 0 Å². The summed E-state index contributed by atoms with van der Waals surface area (Å²) in [4.78, 5) is 16.5. The van der Waals surface area contributed by atoms with Crippen molar-refractivity contribution in [1.29, 1.82) is 0 Å². The lowest BCUT2D eigenvalue weighted by Crippen LogP contribution is -2.61. The average Bonchev–Trinajstić information content (AvgIpc) is 3.28. The van der Waals surface area contributed by atoms with E-state index in [9.17, 15) is 4.79 Å². The van der Waals surface area contributed by atoms with Crippen LogP contribution in [0.4, 0.5) is 10.5 Å². The van der Waals surface area contributed by atoms with Crippen molar-refractivity contribution < 1.29 is 18.4 Å². The number of ether oxygens (including phenoxy) is 1. The Hall–Kier alpha value is -2.21. The Morgan fingerprint density at radius 2 is 2.00 bits per heavy atom. The fourth-order valence-electron chi connectivity index (χ4n) is 4.23. The molecule has 120 valence electrons. The zero-order valence-corrected chi connectivity index (χ0v) is 12.7. The summed E-state index contributed by atoms with van der Waals surface area (Å²) < 4.78 is 16.8. The Balaban J connectivity index is 1.43. The second-order valence-electron chi connectivity index (χ2n) is 6.72. The molecule has 4 aliphatic rings. The zero-order chi connectivity index (χ0) is 15.4. The molecule has 1 spiro atoms. The number of anilines is 1. The summed E-state index contributed by atoms with van der Waals surface area (Å²) >= 11 is 0. The molecule has 0 N–H and O–H groups in total. The molecule has 2 aromatic heterocycles. The smallest absolute Gasteiger partial charge is 0.415 e. The molecule has 4 saturated heterocycles. The monoisotopic (exact) mass is 314 g/mol. The molecule has 0 saturated carbocycles. The lowest BCUT2D eigenvalue weighted by Gasteiger charge is -2.49. The number of carbonyl (C=O) groups excluding carboxylic acids is 1. The molecule has 4 aliphatic heterocycles. The Kier molecular flexibility index (Phi) is 2.68. The summed E-state index contributed by atoms with van der Waals surface area (Å²) in [7, 11) is 0. The first-order chi connectivity index (χ1) is 11.2. The first kappa shape index (κ1) is 13.2. The van der Waals surface area contributed by atoms with E-state index >= 15 is 0 Å². The van der Waals surface area contributed by atoms with Crippen LogP contribution < -0.4 is 4.90 Å². The molecule has 2 bridgehead atoms.